The van der Waals surface area contributed by atoms with Crippen molar-refractivity contribution in [2.24, 2.45) is 5.92 Å². The van der Waals surface area contributed by atoms with Crippen LogP contribution >= 0.6 is 0 Å². The monoisotopic (exact) mass is 399 g/mol. The van der Waals surface area contributed by atoms with E-state index < -0.39 is 6.04 Å². The summed E-state index contributed by atoms with van der Waals surface area (Å²) in [5.74, 6) is 0.664. The first-order valence-electron chi connectivity index (χ1n) is 10.1. The summed E-state index contributed by atoms with van der Waals surface area (Å²) in [7, 11) is 0. The van der Waals surface area contributed by atoms with Gasteiger partial charge < -0.3 is 19.4 Å². The summed E-state index contributed by atoms with van der Waals surface area (Å²) in [6.45, 7) is 8.17. The minimum atomic E-state index is -0.569. The number of hydrogen-bond donors (Lipinski definition) is 1. The van der Waals surface area contributed by atoms with Gasteiger partial charge in [-0.1, -0.05) is 32.0 Å². The molecule has 1 aromatic heterocycles. The van der Waals surface area contributed by atoms with E-state index in [1.54, 1.807) is 12.1 Å². The highest BCUT2D eigenvalue weighted by Crippen LogP contribution is 2.12. The number of piperazine rings is 1. The predicted octanol–water partition coefficient (Wildman–Crippen LogP) is 2.26. The second kappa shape index (κ2) is 10.1. The molecule has 0 aliphatic carbocycles. The van der Waals surface area contributed by atoms with E-state index in [9.17, 15) is 9.59 Å². The molecular formula is C22H29N3O4. The van der Waals surface area contributed by atoms with Crippen molar-refractivity contribution in [3.05, 3.63) is 54.5 Å². The zero-order chi connectivity index (χ0) is 20.6. The second-order valence-corrected chi connectivity index (χ2v) is 7.50. The summed E-state index contributed by atoms with van der Waals surface area (Å²) in [6.07, 6.45) is 1.45. The van der Waals surface area contributed by atoms with Gasteiger partial charge in [0.05, 0.1) is 6.26 Å². The second-order valence-electron chi connectivity index (χ2n) is 7.50. The van der Waals surface area contributed by atoms with E-state index in [0.717, 1.165) is 25.4 Å². The number of amides is 2. The fourth-order valence-corrected chi connectivity index (χ4v) is 3.33. The third-order valence-corrected chi connectivity index (χ3v) is 5.07. The highest BCUT2D eigenvalue weighted by atomic mass is 16.5. The Morgan fingerprint density at radius 2 is 1.79 bits per heavy atom. The minimum Gasteiger partial charge on any atom is -0.492 e. The first-order chi connectivity index (χ1) is 14.0. The van der Waals surface area contributed by atoms with Crippen molar-refractivity contribution in [2.75, 3.05) is 39.3 Å². The number of carbonyl (C=O) groups is 2. The lowest BCUT2D eigenvalue weighted by molar-refractivity contribution is -0.136. The van der Waals surface area contributed by atoms with Crippen molar-refractivity contribution in [2.45, 2.75) is 19.9 Å². The summed E-state index contributed by atoms with van der Waals surface area (Å²) in [4.78, 5) is 29.4. The molecule has 1 atom stereocenters. The maximum absolute atomic E-state index is 13.0. The molecular weight excluding hydrogens is 370 g/mol. The number of nitrogens with one attached hydrogen (secondary N) is 1. The van der Waals surface area contributed by atoms with Gasteiger partial charge in [-0.25, -0.2) is 0 Å². The van der Waals surface area contributed by atoms with Crippen LogP contribution in [0.4, 0.5) is 0 Å². The first kappa shape index (κ1) is 20.9. The third-order valence-electron chi connectivity index (χ3n) is 5.07. The van der Waals surface area contributed by atoms with E-state index in [0.29, 0.717) is 19.7 Å². The van der Waals surface area contributed by atoms with Gasteiger partial charge in [0.25, 0.3) is 5.91 Å². The molecule has 0 saturated carbocycles. The van der Waals surface area contributed by atoms with Gasteiger partial charge in [0.15, 0.2) is 5.76 Å². The topological polar surface area (TPSA) is 75.0 Å². The molecule has 0 unspecified atom stereocenters. The average molecular weight is 399 g/mol. The number of para-hydroxylation sites is 1. The SMILES string of the molecule is CC(C)[C@H](NC(=O)c1ccco1)C(=O)N1CCN(CCOc2ccccc2)CC1. The van der Waals surface area contributed by atoms with Crippen LogP contribution < -0.4 is 10.1 Å². The molecule has 7 nitrogen and oxygen atoms in total. The van der Waals surface area contributed by atoms with E-state index in [1.807, 2.05) is 49.1 Å². The molecule has 2 heterocycles. The lowest BCUT2D eigenvalue weighted by Gasteiger charge is -2.37. The molecule has 1 aliphatic rings. The lowest BCUT2D eigenvalue weighted by Crippen LogP contribution is -2.56. The van der Waals surface area contributed by atoms with Gasteiger partial charge in [-0.05, 0) is 30.2 Å². The van der Waals surface area contributed by atoms with Crippen molar-refractivity contribution in [3.63, 3.8) is 0 Å². The van der Waals surface area contributed by atoms with Crippen LogP contribution in [0.2, 0.25) is 0 Å². The van der Waals surface area contributed by atoms with Crippen LogP contribution in [0.1, 0.15) is 24.4 Å². The highest BCUT2D eigenvalue weighted by molar-refractivity contribution is 5.95. The number of nitrogens with zero attached hydrogens (tertiary/aromatic N) is 2. The quantitative estimate of drug-likeness (QED) is 0.737. The molecule has 0 radical (unpaired) electrons. The number of rotatable bonds is 8. The van der Waals surface area contributed by atoms with E-state index >= 15 is 0 Å². The Bertz CT molecular complexity index is 769. The normalized spacial score (nSPS) is 15.9. The van der Waals surface area contributed by atoms with Crippen molar-refractivity contribution in [1.29, 1.82) is 0 Å². The van der Waals surface area contributed by atoms with Crippen LogP contribution in [0.5, 0.6) is 5.75 Å². The maximum atomic E-state index is 13.0. The van der Waals surface area contributed by atoms with Crippen LogP contribution in [-0.2, 0) is 4.79 Å². The molecule has 1 saturated heterocycles. The molecule has 1 aromatic carbocycles. The van der Waals surface area contributed by atoms with Crippen LogP contribution in [-0.4, -0.2) is 67.0 Å². The Kier molecular flexibility index (Phi) is 7.30. The first-order valence-corrected chi connectivity index (χ1v) is 10.1. The van der Waals surface area contributed by atoms with Crippen LogP contribution in [0.3, 0.4) is 0 Å². The Morgan fingerprint density at radius 3 is 2.41 bits per heavy atom. The van der Waals surface area contributed by atoms with E-state index in [-0.39, 0.29) is 23.5 Å². The van der Waals surface area contributed by atoms with Gasteiger partial charge in [-0.15, -0.1) is 0 Å². The summed E-state index contributed by atoms with van der Waals surface area (Å²) in [5.41, 5.74) is 0. The summed E-state index contributed by atoms with van der Waals surface area (Å²) >= 11 is 0. The molecule has 1 aliphatic heterocycles. The van der Waals surface area contributed by atoms with Gasteiger partial charge in [-0.3, -0.25) is 14.5 Å². The summed E-state index contributed by atoms with van der Waals surface area (Å²) in [5, 5.41) is 2.82. The number of hydrogen-bond acceptors (Lipinski definition) is 5. The molecule has 1 N–H and O–H groups in total. The van der Waals surface area contributed by atoms with Gasteiger partial charge >= 0.3 is 0 Å². The zero-order valence-corrected chi connectivity index (χ0v) is 17.0. The smallest absolute Gasteiger partial charge is 0.287 e. The Hall–Kier alpha value is -2.80. The molecule has 0 spiro atoms. The van der Waals surface area contributed by atoms with Gasteiger partial charge in [0.1, 0.15) is 18.4 Å². The van der Waals surface area contributed by atoms with Crippen molar-refractivity contribution >= 4 is 11.8 Å². The summed E-state index contributed by atoms with van der Waals surface area (Å²) < 4.78 is 10.9. The van der Waals surface area contributed by atoms with Crippen LogP contribution in [0.15, 0.2) is 53.1 Å². The number of benzene rings is 1. The maximum Gasteiger partial charge on any atom is 0.287 e. The van der Waals surface area contributed by atoms with Crippen LogP contribution in [0, 0.1) is 5.92 Å². The van der Waals surface area contributed by atoms with Crippen molar-refractivity contribution in [3.8, 4) is 5.75 Å². The number of furan rings is 1. The fourth-order valence-electron chi connectivity index (χ4n) is 3.33. The van der Waals surface area contributed by atoms with Gasteiger partial charge in [-0.2, -0.15) is 0 Å². The van der Waals surface area contributed by atoms with Crippen molar-refractivity contribution in [1.82, 2.24) is 15.1 Å². The predicted molar refractivity (Wildman–Crippen MR) is 110 cm³/mol. The van der Waals surface area contributed by atoms with E-state index in [1.165, 1.54) is 6.26 Å². The van der Waals surface area contributed by atoms with E-state index in [2.05, 4.69) is 10.2 Å². The minimum absolute atomic E-state index is 0.0151. The largest absolute Gasteiger partial charge is 0.492 e. The van der Waals surface area contributed by atoms with Crippen molar-refractivity contribution < 1.29 is 18.7 Å². The van der Waals surface area contributed by atoms with Gasteiger partial charge in [0.2, 0.25) is 5.91 Å². The Labute approximate surface area is 171 Å². The molecule has 2 amide bonds. The van der Waals surface area contributed by atoms with Crippen LogP contribution in [0.25, 0.3) is 0 Å². The van der Waals surface area contributed by atoms with E-state index in [4.69, 9.17) is 9.15 Å². The fraction of sp³-hybridized carbons (Fsp3) is 0.455. The van der Waals surface area contributed by atoms with Gasteiger partial charge in [0, 0.05) is 32.7 Å². The lowest BCUT2D eigenvalue weighted by atomic mass is 10.0. The number of carbonyl (C=O) groups excluding carboxylic acids is 2. The molecule has 1 fully saturated rings. The molecule has 3 rings (SSSR count). The Balaban J connectivity index is 1.45. The average Bonchev–Trinajstić information content (AvgIpc) is 3.27. The number of ether oxygens (including phenoxy) is 1. The standard InChI is InChI=1S/C22H29N3O4/c1-17(2)20(23-21(26)19-9-6-15-29-19)22(27)25-12-10-24(11-13-25)14-16-28-18-7-4-3-5-8-18/h3-9,15,17,20H,10-14,16H2,1-2H3,(H,23,26)/t20-/m0/s1. The zero-order valence-electron chi connectivity index (χ0n) is 17.0. The summed E-state index contributed by atoms with van der Waals surface area (Å²) in [6, 6.07) is 12.4. The molecule has 29 heavy (non-hydrogen) atoms. The molecule has 2 aromatic rings. The molecule has 7 heteroatoms. The Morgan fingerprint density at radius 1 is 1.07 bits per heavy atom. The highest BCUT2D eigenvalue weighted by Gasteiger charge is 2.31. The molecule has 156 valence electrons. The molecule has 0 bridgehead atoms. The third kappa shape index (κ3) is 5.84.